The number of nitrogens with zero attached hydrogens (tertiary/aromatic N) is 5. The van der Waals surface area contributed by atoms with Gasteiger partial charge in [0.2, 0.25) is 5.52 Å². The van der Waals surface area contributed by atoms with Gasteiger partial charge in [-0.15, -0.1) is 0 Å². The largest absolute Gasteiger partial charge is 0.358 e. The second kappa shape index (κ2) is 14.8. The van der Waals surface area contributed by atoms with Gasteiger partial charge in [-0.1, -0.05) is 72.0 Å². The standard InChI is InChI=1S/C39H50N5S/c1-40(2)23-13-25-42(26-14-24-41(3)4)37-29-33(30-38-44-28-12-19-32-18-10-22-36(45-38)39(32)44)34-20-8-9-21-35(34)43(37)27-11-17-31-15-6-5-7-16-31/h5-10,15-16,18,20-22,29-30H,11-14,17,19,23-28H2,1-4H3/q+1. The number of fused-ring (bicyclic) bond motifs is 1. The van der Waals surface area contributed by atoms with Crippen LogP contribution in [0.3, 0.4) is 0 Å². The molecule has 2 aliphatic rings. The summed E-state index contributed by atoms with van der Waals surface area (Å²) < 4.78 is 3.99. The summed E-state index contributed by atoms with van der Waals surface area (Å²) in [5, 5.41) is 1.36. The first-order valence-corrected chi connectivity index (χ1v) is 17.6. The highest BCUT2D eigenvalue weighted by molar-refractivity contribution is 7.19. The molecule has 4 aromatic rings. The number of aromatic nitrogens is 1. The molecule has 0 spiro atoms. The van der Waals surface area contributed by atoms with Crippen molar-refractivity contribution >= 4 is 38.9 Å². The van der Waals surface area contributed by atoms with Crippen LogP contribution in [-0.4, -0.2) is 75.6 Å². The van der Waals surface area contributed by atoms with Gasteiger partial charge in [0.15, 0.2) is 6.54 Å². The molecule has 6 rings (SSSR count). The number of hydrogen-bond donors (Lipinski definition) is 0. The Hall–Kier alpha value is -3.45. The molecule has 3 heterocycles. The van der Waals surface area contributed by atoms with E-state index in [2.05, 4.69) is 137 Å². The highest BCUT2D eigenvalue weighted by atomic mass is 32.1. The summed E-state index contributed by atoms with van der Waals surface area (Å²) >= 11 is 1.95. The molecule has 6 heteroatoms. The van der Waals surface area contributed by atoms with Gasteiger partial charge in [-0.05, 0) is 103 Å². The number of thiazole rings is 1. The molecule has 0 bridgehead atoms. The number of aryl methyl sites for hydroxylation is 3. The normalized spacial score (nSPS) is 15.3. The quantitative estimate of drug-likeness (QED) is 0.139. The zero-order chi connectivity index (χ0) is 31.2. The third kappa shape index (κ3) is 7.51. The molecule has 0 atom stereocenters. The minimum absolute atomic E-state index is 0.995. The maximum atomic E-state index is 2.68. The van der Waals surface area contributed by atoms with Gasteiger partial charge < -0.3 is 19.6 Å². The molecule has 0 N–H and O–H groups in total. The van der Waals surface area contributed by atoms with Gasteiger partial charge in [0.25, 0.3) is 5.01 Å². The van der Waals surface area contributed by atoms with Crippen molar-refractivity contribution in [3.8, 4) is 0 Å². The number of hydrogen-bond acceptors (Lipinski definition) is 5. The third-order valence-corrected chi connectivity index (χ3v) is 10.2. The van der Waals surface area contributed by atoms with E-state index in [9.17, 15) is 0 Å². The van der Waals surface area contributed by atoms with E-state index in [1.54, 1.807) is 0 Å². The molecule has 236 valence electrons. The van der Waals surface area contributed by atoms with Crippen molar-refractivity contribution in [1.29, 1.82) is 0 Å². The Balaban J connectivity index is 1.40. The van der Waals surface area contributed by atoms with E-state index in [0.29, 0.717) is 0 Å². The number of benzene rings is 3. The topological polar surface area (TPSA) is 16.8 Å². The minimum Gasteiger partial charge on any atom is -0.358 e. The van der Waals surface area contributed by atoms with E-state index in [1.165, 1.54) is 61.8 Å². The highest BCUT2D eigenvalue weighted by Crippen LogP contribution is 2.39. The summed E-state index contributed by atoms with van der Waals surface area (Å²) in [5.74, 6) is 1.35. The van der Waals surface area contributed by atoms with Crippen LogP contribution in [-0.2, 0) is 19.4 Å². The Bertz CT molecular complexity index is 1620. The van der Waals surface area contributed by atoms with E-state index < -0.39 is 0 Å². The van der Waals surface area contributed by atoms with Crippen molar-refractivity contribution in [3.05, 3.63) is 106 Å². The molecule has 0 aliphatic carbocycles. The van der Waals surface area contributed by atoms with Crippen molar-refractivity contribution in [2.24, 2.45) is 0 Å². The fraction of sp³-hybridized carbons (Fsp3) is 0.410. The SMILES string of the molecule is CN(C)CCCN(CCCN(C)C)C1=C/C(=C\c2sc3cccc4c3[n+]2CCC4)c2ccccc2N1CCCc1ccccc1. The van der Waals surface area contributed by atoms with Gasteiger partial charge in [0.1, 0.15) is 10.5 Å². The minimum atomic E-state index is 0.995. The summed E-state index contributed by atoms with van der Waals surface area (Å²) in [6, 6.07) is 26.9. The van der Waals surface area contributed by atoms with E-state index in [0.717, 1.165) is 65.0 Å². The van der Waals surface area contributed by atoms with Gasteiger partial charge in [0.05, 0.1) is 5.69 Å². The Morgan fingerprint density at radius 1 is 0.800 bits per heavy atom. The Labute approximate surface area is 274 Å². The Kier molecular flexibility index (Phi) is 10.3. The summed E-state index contributed by atoms with van der Waals surface area (Å²) in [5.41, 5.74) is 8.36. The molecule has 2 aliphatic heterocycles. The summed E-state index contributed by atoms with van der Waals surface area (Å²) in [6.07, 6.45) is 11.9. The lowest BCUT2D eigenvalue weighted by Gasteiger charge is -2.40. The predicted octanol–water partition coefficient (Wildman–Crippen LogP) is 7.18. The Morgan fingerprint density at radius 3 is 2.29 bits per heavy atom. The van der Waals surface area contributed by atoms with Crippen molar-refractivity contribution in [2.45, 2.75) is 45.1 Å². The predicted molar refractivity (Wildman–Crippen MR) is 193 cm³/mol. The fourth-order valence-corrected chi connectivity index (χ4v) is 8.08. The molecular formula is C39H50N5S+. The van der Waals surface area contributed by atoms with Crippen LogP contribution in [0.15, 0.2) is 84.7 Å². The monoisotopic (exact) mass is 620 g/mol. The highest BCUT2D eigenvalue weighted by Gasteiger charge is 2.29. The molecular weight excluding hydrogens is 571 g/mol. The van der Waals surface area contributed by atoms with E-state index >= 15 is 0 Å². The number of rotatable bonds is 14. The van der Waals surface area contributed by atoms with Gasteiger partial charge >= 0.3 is 0 Å². The smallest absolute Gasteiger partial charge is 0.263 e. The third-order valence-electron chi connectivity index (χ3n) is 9.09. The molecule has 0 saturated heterocycles. The molecule has 0 unspecified atom stereocenters. The van der Waals surface area contributed by atoms with Crippen molar-refractivity contribution in [2.75, 3.05) is 65.8 Å². The first kappa shape index (κ1) is 31.5. The zero-order valence-electron chi connectivity index (χ0n) is 27.7. The molecule has 0 amide bonds. The second-order valence-corrected chi connectivity index (χ2v) is 14.2. The van der Waals surface area contributed by atoms with Crippen LogP contribution in [0.25, 0.3) is 21.9 Å². The molecule has 0 radical (unpaired) electrons. The average Bonchev–Trinajstić information content (AvgIpc) is 3.40. The number of para-hydroxylation sites is 2. The van der Waals surface area contributed by atoms with Crippen LogP contribution in [0.5, 0.6) is 0 Å². The first-order valence-electron chi connectivity index (χ1n) is 16.8. The Morgan fingerprint density at radius 2 is 1.53 bits per heavy atom. The summed E-state index contributed by atoms with van der Waals surface area (Å²) in [4.78, 5) is 9.93. The van der Waals surface area contributed by atoms with E-state index in [1.807, 2.05) is 11.3 Å². The lowest BCUT2D eigenvalue weighted by molar-refractivity contribution is -0.671. The van der Waals surface area contributed by atoms with Crippen LogP contribution in [0.2, 0.25) is 0 Å². The van der Waals surface area contributed by atoms with Gasteiger partial charge in [-0.2, -0.15) is 4.57 Å². The van der Waals surface area contributed by atoms with Crippen LogP contribution in [0.1, 0.15) is 47.4 Å². The molecule has 3 aromatic carbocycles. The van der Waals surface area contributed by atoms with Crippen molar-refractivity contribution in [3.63, 3.8) is 0 Å². The number of anilines is 1. The fourth-order valence-electron chi connectivity index (χ4n) is 6.90. The van der Waals surface area contributed by atoms with E-state index in [-0.39, 0.29) is 0 Å². The van der Waals surface area contributed by atoms with Gasteiger partial charge in [-0.25, -0.2) is 0 Å². The second-order valence-electron chi connectivity index (χ2n) is 13.1. The summed E-state index contributed by atoms with van der Waals surface area (Å²) in [6.45, 7) is 6.38. The van der Waals surface area contributed by atoms with Gasteiger partial charge in [0, 0.05) is 43.3 Å². The molecule has 0 saturated carbocycles. The van der Waals surface area contributed by atoms with Gasteiger partial charge in [-0.3, -0.25) is 0 Å². The van der Waals surface area contributed by atoms with Crippen LogP contribution < -0.4 is 9.47 Å². The average molecular weight is 621 g/mol. The van der Waals surface area contributed by atoms with Crippen LogP contribution in [0.4, 0.5) is 5.69 Å². The maximum absolute atomic E-state index is 2.68. The summed E-state index contributed by atoms with van der Waals surface area (Å²) in [7, 11) is 8.74. The molecule has 0 fully saturated rings. The lowest BCUT2D eigenvalue weighted by Crippen LogP contribution is -2.40. The molecule has 45 heavy (non-hydrogen) atoms. The maximum Gasteiger partial charge on any atom is 0.263 e. The number of allylic oxidation sites excluding steroid dienone is 2. The zero-order valence-corrected chi connectivity index (χ0v) is 28.5. The lowest BCUT2D eigenvalue weighted by atomic mass is 9.97. The van der Waals surface area contributed by atoms with Crippen LogP contribution >= 0.6 is 11.3 Å². The van der Waals surface area contributed by atoms with Crippen molar-refractivity contribution in [1.82, 2.24) is 14.7 Å². The van der Waals surface area contributed by atoms with Crippen LogP contribution in [0, 0.1) is 0 Å². The molecule has 5 nitrogen and oxygen atoms in total. The molecule has 1 aromatic heterocycles. The van der Waals surface area contributed by atoms with Crippen molar-refractivity contribution < 1.29 is 4.57 Å². The van der Waals surface area contributed by atoms with E-state index in [4.69, 9.17) is 0 Å². The first-order chi connectivity index (χ1) is 22.0.